The molecular formula is C11H12ClNO3. The molecule has 5 heteroatoms. The summed E-state index contributed by atoms with van der Waals surface area (Å²) in [6.07, 6.45) is 0. The van der Waals surface area contributed by atoms with Crippen LogP contribution in [-0.4, -0.2) is 22.5 Å². The lowest BCUT2D eigenvalue weighted by molar-refractivity contribution is -0.143. The van der Waals surface area contributed by atoms with Gasteiger partial charge in [-0.15, -0.1) is 0 Å². The molecule has 86 valence electrons. The molecule has 0 aliphatic rings. The molecule has 0 unspecified atom stereocenters. The number of rotatable bonds is 3. The zero-order valence-electron chi connectivity index (χ0n) is 8.95. The third kappa shape index (κ3) is 2.73. The van der Waals surface area contributed by atoms with Gasteiger partial charge in [0.1, 0.15) is 5.54 Å². The number of aliphatic carboxylic acids is 1. The molecule has 0 spiro atoms. The zero-order chi connectivity index (χ0) is 12.3. The summed E-state index contributed by atoms with van der Waals surface area (Å²) in [4.78, 5) is 22.6. The van der Waals surface area contributed by atoms with Gasteiger partial charge in [-0.3, -0.25) is 4.79 Å². The maximum Gasteiger partial charge on any atom is 0.328 e. The number of amides is 1. The molecule has 0 saturated carbocycles. The number of carboxylic acid groups (broad SMARTS) is 1. The van der Waals surface area contributed by atoms with Crippen molar-refractivity contribution < 1.29 is 14.7 Å². The van der Waals surface area contributed by atoms with Gasteiger partial charge in [-0.2, -0.15) is 0 Å². The molecule has 0 heterocycles. The first kappa shape index (κ1) is 12.5. The highest BCUT2D eigenvalue weighted by Crippen LogP contribution is 2.15. The molecule has 0 saturated heterocycles. The van der Waals surface area contributed by atoms with E-state index in [-0.39, 0.29) is 5.56 Å². The van der Waals surface area contributed by atoms with Crippen LogP contribution in [0, 0.1) is 0 Å². The van der Waals surface area contributed by atoms with Crippen molar-refractivity contribution in [3.63, 3.8) is 0 Å². The second kappa shape index (κ2) is 4.53. The van der Waals surface area contributed by atoms with Crippen molar-refractivity contribution in [2.75, 3.05) is 0 Å². The number of hydrogen-bond acceptors (Lipinski definition) is 2. The fourth-order valence-electron chi connectivity index (χ4n) is 1.05. The van der Waals surface area contributed by atoms with Crippen LogP contribution in [0.5, 0.6) is 0 Å². The van der Waals surface area contributed by atoms with E-state index in [1.807, 2.05) is 0 Å². The second-order valence-corrected chi connectivity index (χ2v) is 4.27. The monoisotopic (exact) mass is 241 g/mol. The Kier molecular flexibility index (Phi) is 3.55. The standard InChI is InChI=1S/C11H12ClNO3/c1-11(2,10(15)16)13-9(14)7-5-3-4-6-8(7)12/h3-6H,1-2H3,(H,13,14)(H,15,16). The lowest BCUT2D eigenvalue weighted by atomic mass is 10.1. The van der Waals surface area contributed by atoms with Gasteiger partial charge in [0.25, 0.3) is 5.91 Å². The van der Waals surface area contributed by atoms with Crippen LogP contribution < -0.4 is 5.32 Å². The van der Waals surface area contributed by atoms with Crippen LogP contribution in [0.1, 0.15) is 24.2 Å². The van der Waals surface area contributed by atoms with E-state index in [0.717, 1.165) is 0 Å². The fourth-order valence-corrected chi connectivity index (χ4v) is 1.27. The predicted octanol–water partition coefficient (Wildman–Crippen LogP) is 1.93. The Balaban J connectivity index is 2.89. The van der Waals surface area contributed by atoms with Crippen molar-refractivity contribution in [2.45, 2.75) is 19.4 Å². The van der Waals surface area contributed by atoms with E-state index < -0.39 is 17.4 Å². The molecule has 0 bridgehead atoms. The highest BCUT2D eigenvalue weighted by Gasteiger charge is 2.29. The van der Waals surface area contributed by atoms with Gasteiger partial charge in [0.05, 0.1) is 10.6 Å². The lowest BCUT2D eigenvalue weighted by Crippen LogP contribution is -2.49. The first-order chi connectivity index (χ1) is 7.34. The van der Waals surface area contributed by atoms with E-state index in [9.17, 15) is 9.59 Å². The summed E-state index contributed by atoms with van der Waals surface area (Å²) in [5.41, 5.74) is -1.06. The third-order valence-electron chi connectivity index (χ3n) is 2.08. The predicted molar refractivity (Wildman–Crippen MR) is 60.6 cm³/mol. The summed E-state index contributed by atoms with van der Waals surface area (Å²) in [6.45, 7) is 2.81. The number of carbonyl (C=O) groups is 2. The molecule has 1 aromatic carbocycles. The van der Waals surface area contributed by atoms with Gasteiger partial charge in [0.2, 0.25) is 0 Å². The van der Waals surface area contributed by atoms with Crippen molar-refractivity contribution in [1.82, 2.24) is 5.32 Å². The molecule has 0 aliphatic carbocycles. The van der Waals surface area contributed by atoms with Crippen molar-refractivity contribution in [1.29, 1.82) is 0 Å². The second-order valence-electron chi connectivity index (χ2n) is 3.86. The average Bonchev–Trinajstić information content (AvgIpc) is 2.17. The van der Waals surface area contributed by atoms with Crippen LogP contribution in [0.25, 0.3) is 0 Å². The minimum Gasteiger partial charge on any atom is -0.480 e. The number of hydrogen-bond donors (Lipinski definition) is 2. The number of halogens is 1. The number of benzene rings is 1. The molecule has 0 atom stereocenters. The van der Waals surface area contributed by atoms with Gasteiger partial charge in [-0.25, -0.2) is 4.79 Å². The Morgan fingerprint density at radius 3 is 2.38 bits per heavy atom. The average molecular weight is 242 g/mol. The molecule has 0 aromatic heterocycles. The largest absolute Gasteiger partial charge is 0.480 e. The number of carboxylic acids is 1. The van der Waals surface area contributed by atoms with Gasteiger partial charge in [-0.1, -0.05) is 23.7 Å². The van der Waals surface area contributed by atoms with Gasteiger partial charge in [-0.05, 0) is 26.0 Å². The normalized spacial score (nSPS) is 10.9. The molecule has 4 nitrogen and oxygen atoms in total. The molecule has 0 radical (unpaired) electrons. The van der Waals surface area contributed by atoms with Crippen LogP contribution in [0.2, 0.25) is 5.02 Å². The van der Waals surface area contributed by atoms with Crippen LogP contribution in [-0.2, 0) is 4.79 Å². The third-order valence-corrected chi connectivity index (χ3v) is 2.41. The van der Waals surface area contributed by atoms with E-state index in [2.05, 4.69) is 5.32 Å². The van der Waals surface area contributed by atoms with Crippen molar-refractivity contribution in [2.24, 2.45) is 0 Å². The molecule has 1 amide bonds. The van der Waals surface area contributed by atoms with Crippen LogP contribution >= 0.6 is 11.6 Å². The van der Waals surface area contributed by atoms with Crippen LogP contribution in [0.15, 0.2) is 24.3 Å². The fraction of sp³-hybridized carbons (Fsp3) is 0.273. The van der Waals surface area contributed by atoms with Gasteiger partial charge >= 0.3 is 5.97 Å². The molecule has 16 heavy (non-hydrogen) atoms. The quantitative estimate of drug-likeness (QED) is 0.850. The van der Waals surface area contributed by atoms with E-state index in [1.54, 1.807) is 18.2 Å². The van der Waals surface area contributed by atoms with E-state index in [1.165, 1.54) is 19.9 Å². The van der Waals surface area contributed by atoms with Crippen molar-refractivity contribution >= 4 is 23.5 Å². The smallest absolute Gasteiger partial charge is 0.328 e. The summed E-state index contributed by atoms with van der Waals surface area (Å²) >= 11 is 5.82. The molecular weight excluding hydrogens is 230 g/mol. The van der Waals surface area contributed by atoms with Crippen molar-refractivity contribution in [3.05, 3.63) is 34.9 Å². The Morgan fingerprint density at radius 1 is 1.31 bits per heavy atom. The Morgan fingerprint density at radius 2 is 1.88 bits per heavy atom. The van der Waals surface area contributed by atoms with Gasteiger partial charge < -0.3 is 10.4 Å². The van der Waals surface area contributed by atoms with E-state index >= 15 is 0 Å². The number of nitrogens with one attached hydrogen (secondary N) is 1. The SMILES string of the molecule is CC(C)(NC(=O)c1ccccc1Cl)C(=O)O. The van der Waals surface area contributed by atoms with Gasteiger partial charge in [0.15, 0.2) is 0 Å². The molecule has 0 fully saturated rings. The summed E-state index contributed by atoms with van der Waals surface area (Å²) in [7, 11) is 0. The molecule has 0 aliphatic heterocycles. The molecule has 1 rings (SSSR count). The molecule has 1 aromatic rings. The Labute approximate surface area is 98.2 Å². The summed E-state index contributed by atoms with van der Waals surface area (Å²) in [5, 5.41) is 11.5. The van der Waals surface area contributed by atoms with Crippen molar-refractivity contribution in [3.8, 4) is 0 Å². The molecule has 2 N–H and O–H groups in total. The topological polar surface area (TPSA) is 66.4 Å². The first-order valence-corrected chi connectivity index (χ1v) is 5.03. The summed E-state index contributed by atoms with van der Waals surface area (Å²) in [5.74, 6) is -1.61. The summed E-state index contributed by atoms with van der Waals surface area (Å²) < 4.78 is 0. The minimum absolute atomic E-state index is 0.262. The van der Waals surface area contributed by atoms with Crippen LogP contribution in [0.3, 0.4) is 0 Å². The summed E-state index contributed by atoms with van der Waals surface area (Å²) in [6, 6.07) is 6.47. The Bertz CT molecular complexity index is 429. The minimum atomic E-state index is -1.32. The maximum atomic E-state index is 11.7. The number of carbonyl (C=O) groups excluding carboxylic acids is 1. The van der Waals surface area contributed by atoms with Gasteiger partial charge in [0, 0.05) is 0 Å². The lowest BCUT2D eigenvalue weighted by Gasteiger charge is -2.21. The Hall–Kier alpha value is -1.55. The highest BCUT2D eigenvalue weighted by atomic mass is 35.5. The van der Waals surface area contributed by atoms with Crippen LogP contribution in [0.4, 0.5) is 0 Å². The van der Waals surface area contributed by atoms with E-state index in [4.69, 9.17) is 16.7 Å². The van der Waals surface area contributed by atoms with E-state index in [0.29, 0.717) is 5.02 Å². The maximum absolute atomic E-state index is 11.7. The first-order valence-electron chi connectivity index (χ1n) is 4.65. The highest BCUT2D eigenvalue weighted by molar-refractivity contribution is 6.33. The zero-order valence-corrected chi connectivity index (χ0v) is 9.71.